The zero-order chi connectivity index (χ0) is 15.0. The molecule has 0 spiro atoms. The van der Waals surface area contributed by atoms with Gasteiger partial charge in [0.25, 0.3) is 0 Å². The summed E-state index contributed by atoms with van der Waals surface area (Å²) in [5.41, 5.74) is 0.697. The van der Waals surface area contributed by atoms with E-state index in [1.54, 1.807) is 18.3 Å². The van der Waals surface area contributed by atoms with Crippen molar-refractivity contribution in [3.05, 3.63) is 23.9 Å². The molecule has 0 aromatic carbocycles. The number of amides is 1. The molecule has 1 aromatic rings. The molecule has 0 bridgehead atoms. The lowest BCUT2D eigenvalue weighted by molar-refractivity contribution is -0.145. The van der Waals surface area contributed by atoms with Gasteiger partial charge in [0, 0.05) is 25.3 Å². The van der Waals surface area contributed by atoms with Crippen LogP contribution in [0, 0.1) is 0 Å². The van der Waals surface area contributed by atoms with Crippen molar-refractivity contribution in [2.24, 2.45) is 0 Å². The molecule has 0 saturated heterocycles. The maximum absolute atomic E-state index is 11.7. The minimum absolute atomic E-state index is 0.127. The summed E-state index contributed by atoms with van der Waals surface area (Å²) in [5.74, 6) is -0.534. The number of esters is 1. The first kappa shape index (κ1) is 15.9. The van der Waals surface area contributed by atoms with Crippen LogP contribution in [0.5, 0.6) is 5.88 Å². The highest BCUT2D eigenvalue weighted by molar-refractivity contribution is 5.85. The Morgan fingerprint density at radius 1 is 1.35 bits per heavy atom. The number of nitrogens with zero attached hydrogens (tertiary/aromatic N) is 1. The molecule has 1 aromatic heterocycles. The predicted molar refractivity (Wildman–Crippen MR) is 70.3 cm³/mol. The van der Waals surface area contributed by atoms with Gasteiger partial charge in [0.1, 0.15) is 12.6 Å². The molecule has 1 amide bonds. The molecular weight excluding hydrogens is 264 g/mol. The minimum Gasteiger partial charge on any atom is -0.481 e. The number of hydrogen-bond donors (Lipinski definition) is 1. The Morgan fingerprint density at radius 3 is 2.70 bits per heavy atom. The van der Waals surface area contributed by atoms with Gasteiger partial charge in [-0.1, -0.05) is 6.07 Å². The Bertz CT molecular complexity index is 464. The topological polar surface area (TPSA) is 86.8 Å². The highest BCUT2D eigenvalue weighted by Crippen LogP contribution is 2.16. The van der Waals surface area contributed by atoms with E-state index in [0.29, 0.717) is 11.4 Å². The van der Waals surface area contributed by atoms with Crippen molar-refractivity contribution in [2.75, 3.05) is 27.9 Å². The Morgan fingerprint density at radius 2 is 2.10 bits per heavy atom. The fourth-order valence-electron chi connectivity index (χ4n) is 1.69. The molecule has 110 valence electrons. The van der Waals surface area contributed by atoms with Gasteiger partial charge in [-0.2, -0.15) is 0 Å². The van der Waals surface area contributed by atoms with Crippen molar-refractivity contribution in [3.8, 4) is 5.88 Å². The van der Waals surface area contributed by atoms with Crippen molar-refractivity contribution >= 4 is 11.9 Å². The lowest BCUT2D eigenvalue weighted by atomic mass is 10.1. The van der Waals surface area contributed by atoms with Crippen LogP contribution in [0.4, 0.5) is 0 Å². The first-order valence-corrected chi connectivity index (χ1v) is 5.96. The number of hydrogen-bond acceptors (Lipinski definition) is 6. The number of carbonyl (C=O) groups excluding carboxylic acids is 2. The smallest absolute Gasteiger partial charge is 0.328 e. The molecular formula is C13H18N2O5. The maximum atomic E-state index is 11.7. The van der Waals surface area contributed by atoms with E-state index in [1.807, 2.05) is 0 Å². The van der Waals surface area contributed by atoms with Gasteiger partial charge in [-0.05, 0) is 6.07 Å². The first-order chi connectivity index (χ1) is 9.62. The fraction of sp³-hybridized carbons (Fsp3) is 0.462. The highest BCUT2D eigenvalue weighted by Gasteiger charge is 2.23. The molecule has 7 heteroatoms. The SMILES string of the molecule is COCC(=O)N[C@@H](Cc1cccnc1OC)C(=O)OC. The van der Waals surface area contributed by atoms with E-state index < -0.39 is 17.9 Å². The van der Waals surface area contributed by atoms with Gasteiger partial charge in [0.15, 0.2) is 0 Å². The van der Waals surface area contributed by atoms with Crippen LogP contribution >= 0.6 is 0 Å². The van der Waals surface area contributed by atoms with Gasteiger partial charge in [-0.3, -0.25) is 4.79 Å². The number of ether oxygens (including phenoxy) is 3. The molecule has 0 aliphatic rings. The lowest BCUT2D eigenvalue weighted by Crippen LogP contribution is -2.44. The van der Waals surface area contributed by atoms with Crippen LogP contribution in [-0.4, -0.2) is 50.8 Å². The second kappa shape index (κ2) is 8.11. The fourth-order valence-corrected chi connectivity index (χ4v) is 1.69. The third kappa shape index (κ3) is 4.51. The summed E-state index contributed by atoms with van der Waals surface area (Å²) in [6, 6.07) is 2.67. The van der Waals surface area contributed by atoms with E-state index >= 15 is 0 Å². The molecule has 0 unspecified atom stereocenters. The Hall–Kier alpha value is -2.15. The lowest BCUT2D eigenvalue weighted by Gasteiger charge is -2.17. The van der Waals surface area contributed by atoms with E-state index in [9.17, 15) is 9.59 Å². The summed E-state index contributed by atoms with van der Waals surface area (Å²) in [7, 11) is 4.15. The molecule has 0 saturated carbocycles. The molecule has 0 aliphatic carbocycles. The Balaban J connectivity index is 2.84. The second-order valence-electron chi connectivity index (χ2n) is 3.95. The van der Waals surface area contributed by atoms with Crippen molar-refractivity contribution in [2.45, 2.75) is 12.5 Å². The number of carbonyl (C=O) groups is 2. The number of rotatable bonds is 7. The molecule has 20 heavy (non-hydrogen) atoms. The van der Waals surface area contributed by atoms with Crippen LogP contribution in [-0.2, 0) is 25.5 Å². The Labute approximate surface area is 117 Å². The van der Waals surface area contributed by atoms with Crippen LogP contribution in [0.25, 0.3) is 0 Å². The Kier molecular flexibility index (Phi) is 6.45. The number of aromatic nitrogens is 1. The largest absolute Gasteiger partial charge is 0.481 e. The second-order valence-corrected chi connectivity index (χ2v) is 3.95. The quantitative estimate of drug-likeness (QED) is 0.705. The third-order valence-corrected chi connectivity index (χ3v) is 2.56. The van der Waals surface area contributed by atoms with Crippen LogP contribution in [0.1, 0.15) is 5.56 Å². The summed E-state index contributed by atoms with van der Waals surface area (Å²) >= 11 is 0. The van der Waals surface area contributed by atoms with Crippen molar-refractivity contribution in [1.82, 2.24) is 10.3 Å². The van der Waals surface area contributed by atoms with Crippen LogP contribution in [0.2, 0.25) is 0 Å². The van der Waals surface area contributed by atoms with Crippen LogP contribution < -0.4 is 10.1 Å². The van der Waals surface area contributed by atoms with Gasteiger partial charge in [0.2, 0.25) is 11.8 Å². The normalized spacial score (nSPS) is 11.6. The molecule has 1 heterocycles. The zero-order valence-corrected chi connectivity index (χ0v) is 11.7. The number of nitrogens with one attached hydrogen (secondary N) is 1. The van der Waals surface area contributed by atoms with Gasteiger partial charge < -0.3 is 19.5 Å². The molecule has 1 rings (SSSR count). The number of methoxy groups -OCH3 is 3. The van der Waals surface area contributed by atoms with Gasteiger partial charge >= 0.3 is 5.97 Å². The number of pyridine rings is 1. The monoisotopic (exact) mass is 282 g/mol. The van der Waals surface area contributed by atoms with E-state index in [2.05, 4.69) is 15.0 Å². The van der Waals surface area contributed by atoms with E-state index in [0.717, 1.165) is 0 Å². The summed E-state index contributed by atoms with van der Waals surface area (Å²) in [4.78, 5) is 27.3. The summed E-state index contributed by atoms with van der Waals surface area (Å²) < 4.78 is 14.5. The molecule has 1 atom stereocenters. The van der Waals surface area contributed by atoms with E-state index in [4.69, 9.17) is 9.47 Å². The molecule has 0 radical (unpaired) electrons. The molecule has 0 aliphatic heterocycles. The zero-order valence-electron chi connectivity index (χ0n) is 11.7. The first-order valence-electron chi connectivity index (χ1n) is 5.96. The molecule has 1 N–H and O–H groups in total. The van der Waals surface area contributed by atoms with Crippen LogP contribution in [0.3, 0.4) is 0 Å². The van der Waals surface area contributed by atoms with Crippen molar-refractivity contribution in [3.63, 3.8) is 0 Å². The summed E-state index contributed by atoms with van der Waals surface area (Å²) in [6.45, 7) is -0.127. The molecule has 7 nitrogen and oxygen atoms in total. The summed E-state index contributed by atoms with van der Waals surface area (Å²) in [5, 5.41) is 2.55. The van der Waals surface area contributed by atoms with E-state index in [1.165, 1.54) is 21.3 Å². The average Bonchev–Trinajstić information content (AvgIpc) is 2.46. The van der Waals surface area contributed by atoms with Gasteiger partial charge in [-0.25, -0.2) is 9.78 Å². The minimum atomic E-state index is -0.819. The molecule has 0 fully saturated rings. The highest BCUT2D eigenvalue weighted by atomic mass is 16.5. The summed E-state index contributed by atoms with van der Waals surface area (Å²) in [6.07, 6.45) is 1.80. The standard InChI is InChI=1S/C13H18N2O5/c1-18-8-11(16)15-10(13(17)20-3)7-9-5-4-6-14-12(9)19-2/h4-6,10H,7-8H2,1-3H3,(H,15,16)/t10-/m0/s1. The van der Waals surface area contributed by atoms with Crippen molar-refractivity contribution in [1.29, 1.82) is 0 Å². The van der Waals surface area contributed by atoms with Crippen molar-refractivity contribution < 1.29 is 23.8 Å². The predicted octanol–water partition coefficient (Wildman–Crippen LogP) is -0.0631. The van der Waals surface area contributed by atoms with Gasteiger partial charge in [-0.15, -0.1) is 0 Å². The van der Waals surface area contributed by atoms with E-state index in [-0.39, 0.29) is 13.0 Å². The third-order valence-electron chi connectivity index (χ3n) is 2.56. The maximum Gasteiger partial charge on any atom is 0.328 e. The van der Waals surface area contributed by atoms with Gasteiger partial charge in [0.05, 0.1) is 14.2 Å². The average molecular weight is 282 g/mol. The van der Waals surface area contributed by atoms with Crippen LogP contribution in [0.15, 0.2) is 18.3 Å².